The molecule has 260 valence electrons. The van der Waals surface area contributed by atoms with Gasteiger partial charge in [-0.3, -0.25) is 9.59 Å². The Balaban J connectivity index is 1.78. The van der Waals surface area contributed by atoms with Crippen molar-refractivity contribution in [1.29, 1.82) is 0 Å². The van der Waals surface area contributed by atoms with Crippen molar-refractivity contribution in [2.24, 2.45) is 0 Å². The number of nitrogens with one attached hydrogen (secondary N) is 2. The van der Waals surface area contributed by atoms with Gasteiger partial charge in [-0.2, -0.15) is 0 Å². The highest BCUT2D eigenvalue weighted by Gasteiger charge is 2.37. The number of hydrogen-bond acceptors (Lipinski definition) is 5. The Kier molecular flexibility index (Phi) is 12.8. The molecule has 0 aliphatic rings. The third-order valence-corrected chi connectivity index (χ3v) is 8.67. The minimum atomic E-state index is -1.05. The zero-order valence-corrected chi connectivity index (χ0v) is 29.7. The molecule has 0 heterocycles. The summed E-state index contributed by atoms with van der Waals surface area (Å²) < 4.78 is 5.58. The molecule has 49 heavy (non-hydrogen) atoms. The molecular formula is C41H51N3O5. The van der Waals surface area contributed by atoms with Gasteiger partial charge in [0, 0.05) is 18.7 Å². The number of aryl methyl sites for hydroxylation is 1. The Morgan fingerprint density at radius 3 is 2.22 bits per heavy atom. The van der Waals surface area contributed by atoms with Crippen molar-refractivity contribution in [1.82, 2.24) is 10.2 Å². The number of aromatic hydroxyl groups is 1. The fourth-order valence-electron chi connectivity index (χ4n) is 5.97. The summed E-state index contributed by atoms with van der Waals surface area (Å²) in [5.41, 5.74) is 3.22. The quantitative estimate of drug-likeness (QED) is 0.117. The van der Waals surface area contributed by atoms with E-state index in [9.17, 15) is 19.5 Å². The molecule has 2 atom stereocenters. The van der Waals surface area contributed by atoms with Gasteiger partial charge in [0.2, 0.25) is 5.91 Å². The first-order chi connectivity index (χ1) is 23.4. The van der Waals surface area contributed by atoms with E-state index in [1.54, 1.807) is 49.9 Å². The molecule has 4 rings (SSSR count). The molecule has 4 aromatic rings. The van der Waals surface area contributed by atoms with Crippen LogP contribution in [-0.4, -0.2) is 46.1 Å². The molecule has 0 saturated heterocycles. The number of benzene rings is 4. The molecule has 0 aliphatic carbocycles. The van der Waals surface area contributed by atoms with Crippen molar-refractivity contribution in [3.8, 4) is 5.75 Å². The molecule has 0 bridgehead atoms. The van der Waals surface area contributed by atoms with E-state index in [1.165, 1.54) is 0 Å². The summed E-state index contributed by atoms with van der Waals surface area (Å²) in [6.07, 6.45) is 4.17. The molecular weight excluding hydrogens is 614 g/mol. The topological polar surface area (TPSA) is 108 Å². The monoisotopic (exact) mass is 665 g/mol. The fourth-order valence-corrected chi connectivity index (χ4v) is 5.97. The average molecular weight is 666 g/mol. The highest BCUT2D eigenvalue weighted by molar-refractivity contribution is 6.00. The summed E-state index contributed by atoms with van der Waals surface area (Å²) in [6.45, 7) is 11.7. The number of unbranched alkanes of at least 4 members (excludes halogenated alkanes) is 4. The number of anilines is 1. The van der Waals surface area contributed by atoms with Crippen molar-refractivity contribution in [3.63, 3.8) is 0 Å². The van der Waals surface area contributed by atoms with E-state index >= 15 is 0 Å². The highest BCUT2D eigenvalue weighted by Crippen LogP contribution is 2.30. The van der Waals surface area contributed by atoms with Gasteiger partial charge in [-0.15, -0.1) is 0 Å². The van der Waals surface area contributed by atoms with Gasteiger partial charge in [-0.25, -0.2) is 4.79 Å². The summed E-state index contributed by atoms with van der Waals surface area (Å²) in [6, 6.07) is 24.0. The van der Waals surface area contributed by atoms with Gasteiger partial charge in [0.15, 0.2) is 0 Å². The van der Waals surface area contributed by atoms with Gasteiger partial charge < -0.3 is 25.4 Å². The maximum absolute atomic E-state index is 14.9. The van der Waals surface area contributed by atoms with Crippen LogP contribution in [-0.2, 0) is 20.7 Å². The van der Waals surface area contributed by atoms with Crippen molar-refractivity contribution in [3.05, 3.63) is 107 Å². The predicted octanol–water partition coefficient (Wildman–Crippen LogP) is 8.78. The summed E-state index contributed by atoms with van der Waals surface area (Å²) in [5.74, 6) is -0.638. The molecule has 4 aromatic carbocycles. The number of phenols is 1. The van der Waals surface area contributed by atoms with E-state index in [4.69, 9.17) is 4.74 Å². The summed E-state index contributed by atoms with van der Waals surface area (Å²) in [4.78, 5) is 44.3. The number of rotatable bonds is 14. The Bertz CT molecular complexity index is 1730. The smallest absolute Gasteiger partial charge is 0.408 e. The van der Waals surface area contributed by atoms with Gasteiger partial charge >= 0.3 is 6.09 Å². The molecule has 2 unspecified atom stereocenters. The van der Waals surface area contributed by atoms with Gasteiger partial charge in [0.05, 0.1) is 0 Å². The van der Waals surface area contributed by atoms with Crippen LogP contribution in [0.5, 0.6) is 5.75 Å². The molecule has 0 aliphatic heterocycles. The van der Waals surface area contributed by atoms with Gasteiger partial charge in [-0.05, 0) is 98.3 Å². The largest absolute Gasteiger partial charge is 0.508 e. The Labute approximate surface area is 290 Å². The second-order valence-corrected chi connectivity index (χ2v) is 13.8. The first-order valence-electron chi connectivity index (χ1n) is 17.3. The van der Waals surface area contributed by atoms with E-state index in [0.717, 1.165) is 58.7 Å². The number of carbonyl (C=O) groups is 3. The van der Waals surface area contributed by atoms with Crippen LogP contribution >= 0.6 is 0 Å². The number of phenolic OH excluding ortho intramolecular Hbond substituents is 1. The molecule has 3 amide bonds. The van der Waals surface area contributed by atoms with Crippen LogP contribution in [0.3, 0.4) is 0 Å². The second kappa shape index (κ2) is 17.0. The van der Waals surface area contributed by atoms with E-state index < -0.39 is 29.7 Å². The van der Waals surface area contributed by atoms with Crippen LogP contribution in [0, 0.1) is 13.8 Å². The van der Waals surface area contributed by atoms with Crippen LogP contribution in [0.15, 0.2) is 84.9 Å². The maximum atomic E-state index is 14.9. The molecule has 8 heteroatoms. The van der Waals surface area contributed by atoms with Gasteiger partial charge in [0.25, 0.3) is 5.91 Å². The van der Waals surface area contributed by atoms with Gasteiger partial charge in [0.1, 0.15) is 23.4 Å². The number of ether oxygens (including phenoxy) is 1. The van der Waals surface area contributed by atoms with Gasteiger partial charge in [-0.1, -0.05) is 93.3 Å². The number of nitrogens with zero attached hydrogens (tertiary/aromatic N) is 1. The Hall–Kier alpha value is -4.85. The number of amides is 3. The van der Waals surface area contributed by atoms with Crippen LogP contribution in [0.1, 0.15) is 88.1 Å². The Morgan fingerprint density at radius 2 is 1.53 bits per heavy atom. The third kappa shape index (κ3) is 10.6. The van der Waals surface area contributed by atoms with Crippen molar-refractivity contribution < 1.29 is 24.2 Å². The van der Waals surface area contributed by atoms with E-state index in [2.05, 4.69) is 17.6 Å². The lowest BCUT2D eigenvalue weighted by Gasteiger charge is -2.35. The maximum Gasteiger partial charge on any atom is 0.408 e. The van der Waals surface area contributed by atoms with Crippen molar-refractivity contribution in [2.45, 2.75) is 97.8 Å². The third-order valence-electron chi connectivity index (χ3n) is 8.67. The van der Waals surface area contributed by atoms with Crippen LogP contribution < -0.4 is 10.6 Å². The van der Waals surface area contributed by atoms with E-state index in [0.29, 0.717) is 18.7 Å². The van der Waals surface area contributed by atoms with E-state index in [1.807, 2.05) is 74.5 Å². The first-order valence-corrected chi connectivity index (χ1v) is 17.3. The molecule has 8 nitrogen and oxygen atoms in total. The van der Waals surface area contributed by atoms with Crippen LogP contribution in [0.4, 0.5) is 10.5 Å². The number of hydrogen-bond donors (Lipinski definition) is 3. The predicted molar refractivity (Wildman–Crippen MR) is 197 cm³/mol. The number of alkyl carbamates (subject to hydrolysis) is 1. The molecule has 0 fully saturated rings. The van der Waals surface area contributed by atoms with Crippen molar-refractivity contribution in [2.75, 3.05) is 11.9 Å². The zero-order valence-electron chi connectivity index (χ0n) is 29.7. The average Bonchev–Trinajstić information content (AvgIpc) is 3.05. The molecule has 3 N–H and O–H groups in total. The zero-order chi connectivity index (χ0) is 35.6. The Morgan fingerprint density at radius 1 is 0.837 bits per heavy atom. The molecule has 0 radical (unpaired) electrons. The standard InChI is InChI=1S/C41H51N3O5/c1-7-8-9-10-13-25-44(39(47)36(43-40(48)49-41(4,5)6)26-30-19-23-34(45)24-20-30)37(35-18-14-15-28(2)29(35)3)38(46)42-33-22-21-31-16-11-12-17-32(31)27-33/h11-12,14-24,27,36-37,45H,7-10,13,25-26H2,1-6H3,(H,42,46)(H,43,48). The SMILES string of the molecule is CCCCCCCN(C(=O)C(Cc1ccc(O)cc1)NC(=O)OC(C)(C)C)C(C(=O)Nc1ccc2ccccc2c1)c1cccc(C)c1C. The lowest BCUT2D eigenvalue weighted by molar-refractivity contribution is -0.140. The fraction of sp³-hybridized carbons (Fsp3) is 0.390. The van der Waals surface area contributed by atoms with E-state index in [-0.39, 0.29) is 18.1 Å². The van der Waals surface area contributed by atoms with Crippen LogP contribution in [0.2, 0.25) is 0 Å². The molecule has 0 aromatic heterocycles. The minimum Gasteiger partial charge on any atom is -0.508 e. The van der Waals surface area contributed by atoms with Crippen LogP contribution in [0.25, 0.3) is 10.8 Å². The highest BCUT2D eigenvalue weighted by atomic mass is 16.6. The molecule has 0 saturated carbocycles. The first kappa shape index (κ1) is 37.0. The lowest BCUT2D eigenvalue weighted by atomic mass is 9.94. The number of fused-ring (bicyclic) bond motifs is 1. The lowest BCUT2D eigenvalue weighted by Crippen LogP contribution is -2.53. The summed E-state index contributed by atoms with van der Waals surface area (Å²) >= 11 is 0. The summed E-state index contributed by atoms with van der Waals surface area (Å²) in [7, 11) is 0. The minimum absolute atomic E-state index is 0.0979. The number of carbonyl (C=O) groups excluding carboxylic acids is 3. The second-order valence-electron chi connectivity index (χ2n) is 13.8. The van der Waals surface area contributed by atoms with Crippen molar-refractivity contribution >= 4 is 34.4 Å². The summed E-state index contributed by atoms with van der Waals surface area (Å²) in [5, 5.41) is 17.9. The molecule has 0 spiro atoms. The normalized spacial score (nSPS) is 12.6.